The Balaban J connectivity index is 1.76. The number of H-pyrrole nitrogens is 2. The summed E-state index contributed by atoms with van der Waals surface area (Å²) in [6, 6.07) is 2.55. The summed E-state index contributed by atoms with van der Waals surface area (Å²) in [5.74, 6) is 0. The average Bonchev–Trinajstić information content (AvgIpc) is 3.01. The monoisotopic (exact) mass is 231 g/mol. The zero-order valence-corrected chi connectivity index (χ0v) is 9.76. The van der Waals surface area contributed by atoms with E-state index in [9.17, 15) is 0 Å². The lowest BCUT2D eigenvalue weighted by atomic mass is 9.99. The third-order valence-corrected chi connectivity index (χ3v) is 3.42. The van der Waals surface area contributed by atoms with Gasteiger partial charge < -0.3 is 4.98 Å². The second-order valence-electron chi connectivity index (χ2n) is 4.57. The predicted molar refractivity (Wildman–Crippen MR) is 64.2 cm³/mol. The van der Waals surface area contributed by atoms with Gasteiger partial charge in [-0.25, -0.2) is 4.98 Å². The van der Waals surface area contributed by atoms with Gasteiger partial charge in [0.1, 0.15) is 0 Å². The lowest BCUT2D eigenvalue weighted by molar-refractivity contribution is 0.135. The lowest BCUT2D eigenvalue weighted by Crippen LogP contribution is -2.33. The summed E-state index contributed by atoms with van der Waals surface area (Å²) in [4.78, 5) is 9.74. The summed E-state index contributed by atoms with van der Waals surface area (Å²) < 4.78 is 0. The fourth-order valence-electron chi connectivity index (χ4n) is 2.57. The number of aromatic nitrogens is 4. The normalized spacial score (nSPS) is 21.8. The van der Waals surface area contributed by atoms with Crippen molar-refractivity contribution in [1.82, 2.24) is 25.1 Å². The van der Waals surface area contributed by atoms with Crippen LogP contribution in [0.2, 0.25) is 0 Å². The molecular weight excluding hydrogens is 214 g/mol. The number of hydrogen-bond donors (Lipinski definition) is 2. The second kappa shape index (κ2) is 4.71. The van der Waals surface area contributed by atoms with Crippen molar-refractivity contribution in [2.75, 3.05) is 6.54 Å². The maximum absolute atomic E-state index is 4.07. The minimum absolute atomic E-state index is 0.467. The molecule has 0 amide bonds. The first kappa shape index (κ1) is 10.5. The van der Waals surface area contributed by atoms with E-state index in [1.807, 2.05) is 12.4 Å². The minimum atomic E-state index is 0.467. The Morgan fingerprint density at radius 2 is 2.41 bits per heavy atom. The molecule has 0 saturated carbocycles. The van der Waals surface area contributed by atoms with Crippen LogP contribution in [0.25, 0.3) is 0 Å². The van der Waals surface area contributed by atoms with Crippen LogP contribution in [0.5, 0.6) is 0 Å². The van der Waals surface area contributed by atoms with Crippen LogP contribution in [0.4, 0.5) is 0 Å². The van der Waals surface area contributed by atoms with Crippen molar-refractivity contribution in [3.8, 4) is 0 Å². The van der Waals surface area contributed by atoms with Gasteiger partial charge in [-0.15, -0.1) is 0 Å². The number of hydrogen-bond acceptors (Lipinski definition) is 3. The third-order valence-electron chi connectivity index (χ3n) is 3.42. The van der Waals surface area contributed by atoms with Crippen LogP contribution in [0.3, 0.4) is 0 Å². The van der Waals surface area contributed by atoms with Crippen LogP contribution in [0, 0.1) is 0 Å². The van der Waals surface area contributed by atoms with Crippen molar-refractivity contribution < 1.29 is 0 Å². The summed E-state index contributed by atoms with van der Waals surface area (Å²) >= 11 is 0. The molecule has 0 bridgehead atoms. The van der Waals surface area contributed by atoms with Crippen molar-refractivity contribution in [1.29, 1.82) is 0 Å². The molecule has 17 heavy (non-hydrogen) atoms. The summed E-state index contributed by atoms with van der Waals surface area (Å²) in [6.07, 6.45) is 9.25. The van der Waals surface area contributed by atoms with Gasteiger partial charge in [0, 0.05) is 24.6 Å². The van der Waals surface area contributed by atoms with Crippen LogP contribution in [0.15, 0.2) is 24.8 Å². The Bertz CT molecular complexity index is 433. The van der Waals surface area contributed by atoms with Crippen LogP contribution in [-0.4, -0.2) is 31.6 Å². The minimum Gasteiger partial charge on any atom is -0.347 e. The van der Waals surface area contributed by atoms with E-state index in [0.29, 0.717) is 6.04 Å². The Kier molecular flexibility index (Phi) is 2.92. The summed E-state index contributed by atoms with van der Waals surface area (Å²) in [7, 11) is 0. The van der Waals surface area contributed by atoms with E-state index < -0.39 is 0 Å². The smallest absolute Gasteiger partial charge is 0.0922 e. The molecule has 0 radical (unpaired) electrons. The Morgan fingerprint density at radius 1 is 1.41 bits per heavy atom. The van der Waals surface area contributed by atoms with E-state index in [4.69, 9.17) is 0 Å². The van der Waals surface area contributed by atoms with Crippen molar-refractivity contribution in [3.63, 3.8) is 0 Å². The molecule has 3 heterocycles. The molecule has 90 valence electrons. The summed E-state index contributed by atoms with van der Waals surface area (Å²) in [5, 5.41) is 7.16. The Morgan fingerprint density at radius 3 is 3.18 bits per heavy atom. The van der Waals surface area contributed by atoms with Crippen LogP contribution < -0.4 is 0 Å². The van der Waals surface area contributed by atoms with Crippen LogP contribution >= 0.6 is 0 Å². The van der Waals surface area contributed by atoms with Crippen LogP contribution in [-0.2, 0) is 6.54 Å². The van der Waals surface area contributed by atoms with Crippen LogP contribution in [0.1, 0.15) is 36.7 Å². The Labute approximate surface area is 100 Å². The summed E-state index contributed by atoms with van der Waals surface area (Å²) in [5.41, 5.74) is 2.40. The van der Waals surface area contributed by atoms with Crippen molar-refractivity contribution >= 4 is 0 Å². The van der Waals surface area contributed by atoms with Gasteiger partial charge in [-0.2, -0.15) is 5.10 Å². The number of nitrogens with one attached hydrogen (secondary N) is 2. The molecule has 1 atom stereocenters. The van der Waals surface area contributed by atoms with Gasteiger partial charge in [-0.1, -0.05) is 6.42 Å². The molecule has 1 aliphatic rings. The quantitative estimate of drug-likeness (QED) is 0.847. The third kappa shape index (κ3) is 2.24. The Hall–Kier alpha value is -1.62. The maximum Gasteiger partial charge on any atom is 0.0922 e. The first-order chi connectivity index (χ1) is 8.43. The molecule has 5 nitrogen and oxygen atoms in total. The maximum atomic E-state index is 4.07. The zero-order valence-electron chi connectivity index (χ0n) is 9.76. The lowest BCUT2D eigenvalue weighted by Gasteiger charge is -2.34. The van der Waals surface area contributed by atoms with E-state index >= 15 is 0 Å². The standard InChI is InChI=1S/C12H17N5/c1-2-6-17(8-10-7-13-9-14-10)12(3-1)11-4-5-15-16-11/h4-5,7,9,12H,1-3,6,8H2,(H,13,14)(H,15,16). The van der Waals surface area contributed by atoms with Gasteiger partial charge in [0.15, 0.2) is 0 Å². The van der Waals surface area contributed by atoms with Gasteiger partial charge >= 0.3 is 0 Å². The highest BCUT2D eigenvalue weighted by Crippen LogP contribution is 2.30. The van der Waals surface area contributed by atoms with E-state index in [2.05, 4.69) is 31.1 Å². The number of nitrogens with zero attached hydrogens (tertiary/aromatic N) is 3. The molecule has 0 aromatic carbocycles. The number of rotatable bonds is 3. The molecule has 5 heteroatoms. The molecule has 3 rings (SSSR count). The highest BCUT2D eigenvalue weighted by molar-refractivity contribution is 5.07. The zero-order chi connectivity index (χ0) is 11.5. The van der Waals surface area contributed by atoms with Crippen molar-refractivity contribution in [2.24, 2.45) is 0 Å². The van der Waals surface area contributed by atoms with Gasteiger partial charge in [0.05, 0.1) is 18.1 Å². The van der Waals surface area contributed by atoms with E-state index in [0.717, 1.165) is 13.1 Å². The largest absolute Gasteiger partial charge is 0.347 e. The van der Waals surface area contributed by atoms with Gasteiger partial charge in [-0.05, 0) is 25.5 Å². The van der Waals surface area contributed by atoms with E-state index in [1.54, 1.807) is 6.33 Å². The molecular formula is C12H17N5. The first-order valence-electron chi connectivity index (χ1n) is 6.14. The molecule has 2 N–H and O–H groups in total. The van der Waals surface area contributed by atoms with Gasteiger partial charge in [0.25, 0.3) is 0 Å². The number of aromatic amines is 2. The summed E-state index contributed by atoms with van der Waals surface area (Å²) in [6.45, 7) is 2.08. The molecule has 2 aromatic heterocycles. The molecule has 0 spiro atoms. The molecule has 2 aromatic rings. The fourth-order valence-corrected chi connectivity index (χ4v) is 2.57. The SMILES string of the molecule is c1cc(C2CCCCN2Cc2cnc[nH]2)[nH]n1. The number of piperidine rings is 1. The molecule has 1 fully saturated rings. The number of likely N-dealkylation sites (tertiary alicyclic amines) is 1. The highest BCUT2D eigenvalue weighted by atomic mass is 15.2. The molecule has 1 unspecified atom stereocenters. The first-order valence-corrected chi connectivity index (χ1v) is 6.14. The molecule has 1 aliphatic heterocycles. The van der Waals surface area contributed by atoms with Crippen molar-refractivity contribution in [3.05, 3.63) is 36.2 Å². The fraction of sp³-hybridized carbons (Fsp3) is 0.500. The predicted octanol–water partition coefficient (Wildman–Crippen LogP) is 1.86. The topological polar surface area (TPSA) is 60.6 Å². The van der Waals surface area contributed by atoms with Gasteiger partial charge in [0.2, 0.25) is 0 Å². The van der Waals surface area contributed by atoms with E-state index in [-0.39, 0.29) is 0 Å². The molecule has 1 saturated heterocycles. The second-order valence-corrected chi connectivity index (χ2v) is 4.57. The van der Waals surface area contributed by atoms with Crippen molar-refractivity contribution in [2.45, 2.75) is 31.8 Å². The molecule has 0 aliphatic carbocycles. The van der Waals surface area contributed by atoms with E-state index in [1.165, 1.54) is 30.7 Å². The van der Waals surface area contributed by atoms with Gasteiger partial charge in [-0.3, -0.25) is 10.00 Å². The number of imidazole rings is 1. The average molecular weight is 231 g/mol. The highest BCUT2D eigenvalue weighted by Gasteiger charge is 2.25.